The molecule has 0 spiro atoms. The molecule has 1 aromatic carbocycles. The Bertz CT molecular complexity index is 1080. The number of benzene rings is 1. The second-order valence-corrected chi connectivity index (χ2v) is 12.7. The van der Waals surface area contributed by atoms with E-state index >= 15 is 0 Å². The van der Waals surface area contributed by atoms with Gasteiger partial charge in [-0.3, -0.25) is 9.59 Å². The summed E-state index contributed by atoms with van der Waals surface area (Å²) in [6, 6.07) is 4.71. The fourth-order valence-electron chi connectivity index (χ4n) is 6.23. The molecule has 2 unspecified atom stereocenters. The topological polar surface area (TPSA) is 114 Å². The molecule has 2 saturated carbocycles. The summed E-state index contributed by atoms with van der Waals surface area (Å²) in [5.41, 5.74) is 0.699. The van der Waals surface area contributed by atoms with Crippen molar-refractivity contribution in [3.63, 3.8) is 0 Å². The van der Waals surface area contributed by atoms with E-state index in [1.54, 1.807) is 12.1 Å². The van der Waals surface area contributed by atoms with E-state index in [1.165, 1.54) is 23.9 Å². The predicted molar refractivity (Wildman–Crippen MR) is 132 cm³/mol. The van der Waals surface area contributed by atoms with Gasteiger partial charge in [0.05, 0.1) is 32.4 Å². The van der Waals surface area contributed by atoms with Crippen molar-refractivity contribution in [2.75, 3.05) is 45.3 Å². The normalized spacial score (nSPS) is 28.0. The van der Waals surface area contributed by atoms with Gasteiger partial charge in [0.25, 0.3) is 5.91 Å². The number of rotatable bonds is 8. The highest BCUT2D eigenvalue weighted by atomic mass is 32.2. The zero-order chi connectivity index (χ0) is 25.4. The number of nitrogens with zero attached hydrogens (tertiary/aromatic N) is 1. The molecule has 1 aromatic rings. The Labute approximate surface area is 208 Å². The molecule has 3 atom stereocenters. The number of amides is 1. The lowest BCUT2D eigenvalue weighted by Crippen LogP contribution is -2.52. The fraction of sp³-hybridized carbons (Fsp3) is 0.680. The molecule has 3 aliphatic rings. The number of ether oxygens (including phenoxy) is 2. The van der Waals surface area contributed by atoms with Crippen molar-refractivity contribution in [1.82, 2.24) is 9.62 Å². The number of sulfonamides is 1. The van der Waals surface area contributed by atoms with Crippen LogP contribution in [-0.2, 0) is 24.3 Å². The van der Waals surface area contributed by atoms with Crippen molar-refractivity contribution in [3.05, 3.63) is 23.8 Å². The second-order valence-electron chi connectivity index (χ2n) is 10.8. The van der Waals surface area contributed by atoms with Crippen LogP contribution < -0.4 is 10.6 Å². The van der Waals surface area contributed by atoms with Gasteiger partial charge in [0, 0.05) is 31.2 Å². The molecule has 3 fully saturated rings. The van der Waals surface area contributed by atoms with Crippen LogP contribution in [-0.4, -0.2) is 70.6 Å². The van der Waals surface area contributed by atoms with Gasteiger partial charge in [-0.15, -0.1) is 0 Å². The van der Waals surface area contributed by atoms with Gasteiger partial charge in [0.15, 0.2) is 0 Å². The number of esters is 1. The van der Waals surface area contributed by atoms with Crippen molar-refractivity contribution < 1.29 is 27.5 Å². The van der Waals surface area contributed by atoms with Crippen LogP contribution in [0.5, 0.6) is 0 Å². The van der Waals surface area contributed by atoms with Crippen LogP contribution in [0.4, 0.5) is 5.69 Å². The molecular formula is C25H37N3O6S. The van der Waals surface area contributed by atoms with Crippen molar-refractivity contribution in [3.8, 4) is 0 Å². The molecule has 1 amide bonds. The molecule has 35 heavy (non-hydrogen) atoms. The van der Waals surface area contributed by atoms with Crippen LogP contribution in [0, 0.1) is 16.7 Å². The smallest absolute Gasteiger partial charge is 0.307 e. The molecule has 1 heterocycles. The highest BCUT2D eigenvalue weighted by Crippen LogP contribution is 2.62. The monoisotopic (exact) mass is 507 g/mol. The first-order valence-corrected chi connectivity index (χ1v) is 13.8. The molecule has 1 saturated heterocycles. The van der Waals surface area contributed by atoms with Crippen molar-refractivity contribution in [1.29, 1.82) is 0 Å². The lowest BCUT2D eigenvalue weighted by atomic mass is 9.68. The minimum Gasteiger partial charge on any atom is -0.469 e. The van der Waals surface area contributed by atoms with Crippen molar-refractivity contribution in [2.45, 2.75) is 57.4 Å². The molecule has 4 rings (SSSR count). The third kappa shape index (κ3) is 4.93. The molecule has 9 nitrogen and oxygen atoms in total. The van der Waals surface area contributed by atoms with Gasteiger partial charge in [0.2, 0.25) is 10.0 Å². The summed E-state index contributed by atoms with van der Waals surface area (Å²) < 4.78 is 38.5. The third-order valence-corrected chi connectivity index (χ3v) is 10.2. The quantitative estimate of drug-likeness (QED) is 0.520. The van der Waals surface area contributed by atoms with Crippen LogP contribution in [0.1, 0.15) is 56.8 Å². The first-order chi connectivity index (χ1) is 16.5. The SMILES string of the molecule is COC(=O)CCNc1ccc(C(=O)NC2C3(C)CC[C@H](C3)C2(C)C)cc1S(=O)(=O)N1CCOCC1. The number of hydrogen-bond donors (Lipinski definition) is 2. The van der Waals surface area contributed by atoms with Crippen LogP contribution in [0.15, 0.2) is 23.1 Å². The summed E-state index contributed by atoms with van der Waals surface area (Å²) in [7, 11) is -2.57. The highest BCUT2D eigenvalue weighted by Gasteiger charge is 2.59. The zero-order valence-corrected chi connectivity index (χ0v) is 21.9. The van der Waals surface area contributed by atoms with E-state index in [9.17, 15) is 18.0 Å². The average Bonchev–Trinajstić information content (AvgIpc) is 3.33. The Balaban J connectivity index is 1.61. The molecule has 0 radical (unpaired) electrons. The Kier molecular flexibility index (Phi) is 7.19. The maximum absolute atomic E-state index is 13.5. The molecule has 0 aromatic heterocycles. The highest BCUT2D eigenvalue weighted by molar-refractivity contribution is 7.89. The van der Waals surface area contributed by atoms with Gasteiger partial charge in [-0.05, 0) is 54.2 Å². The number of morpholine rings is 1. The van der Waals surface area contributed by atoms with Crippen molar-refractivity contribution >= 4 is 27.6 Å². The molecule has 2 aliphatic carbocycles. The van der Waals surface area contributed by atoms with E-state index in [2.05, 4.69) is 36.1 Å². The number of hydrogen-bond acceptors (Lipinski definition) is 7. The Morgan fingerprint density at radius 1 is 1.20 bits per heavy atom. The molecule has 1 aliphatic heterocycles. The number of carbonyl (C=O) groups excluding carboxylic acids is 2. The molecule has 194 valence electrons. The number of fused-ring (bicyclic) bond motifs is 2. The minimum atomic E-state index is -3.88. The summed E-state index contributed by atoms with van der Waals surface area (Å²) in [6.45, 7) is 8.02. The number of methoxy groups -OCH3 is 1. The van der Waals surface area contributed by atoms with E-state index in [-0.39, 0.29) is 53.7 Å². The lowest BCUT2D eigenvalue weighted by molar-refractivity contribution is -0.140. The number of carbonyl (C=O) groups is 2. The Morgan fingerprint density at radius 3 is 2.54 bits per heavy atom. The van der Waals surface area contributed by atoms with Gasteiger partial charge in [-0.2, -0.15) is 4.31 Å². The van der Waals surface area contributed by atoms with E-state index < -0.39 is 16.0 Å². The van der Waals surface area contributed by atoms with Gasteiger partial charge in [-0.1, -0.05) is 20.8 Å². The van der Waals surface area contributed by atoms with Gasteiger partial charge in [-0.25, -0.2) is 8.42 Å². The first kappa shape index (κ1) is 25.9. The first-order valence-electron chi connectivity index (χ1n) is 12.3. The molecule has 2 bridgehead atoms. The zero-order valence-electron chi connectivity index (χ0n) is 21.1. The number of nitrogens with one attached hydrogen (secondary N) is 2. The summed E-state index contributed by atoms with van der Waals surface area (Å²) in [5.74, 6) is -0.0825. The minimum absolute atomic E-state index is 0.0131. The maximum atomic E-state index is 13.5. The van der Waals surface area contributed by atoms with Crippen LogP contribution in [0.25, 0.3) is 0 Å². The van der Waals surface area contributed by atoms with Crippen LogP contribution >= 0.6 is 0 Å². The average molecular weight is 508 g/mol. The Hall–Kier alpha value is -2.17. The van der Waals surface area contributed by atoms with E-state index in [0.29, 0.717) is 30.4 Å². The van der Waals surface area contributed by atoms with Crippen LogP contribution in [0.3, 0.4) is 0 Å². The van der Waals surface area contributed by atoms with Gasteiger partial charge in [0.1, 0.15) is 4.90 Å². The fourth-order valence-corrected chi connectivity index (χ4v) is 7.83. The predicted octanol–water partition coefficient (Wildman–Crippen LogP) is 2.63. The second kappa shape index (κ2) is 9.71. The maximum Gasteiger partial charge on any atom is 0.307 e. The third-order valence-electron chi connectivity index (χ3n) is 8.25. The Morgan fingerprint density at radius 2 is 1.91 bits per heavy atom. The standard InChI is InChI=1S/C25H37N3O6S/c1-24(2)18-7-9-25(3,16-18)23(24)27-22(30)17-5-6-19(26-10-8-21(29)33-4)20(15-17)35(31,32)28-11-13-34-14-12-28/h5-6,15,18,23,26H,7-14,16H2,1-4H3,(H,27,30)/t18-,23?,25?/m1/s1. The number of anilines is 1. The lowest BCUT2D eigenvalue weighted by Gasteiger charge is -2.43. The van der Waals surface area contributed by atoms with E-state index in [4.69, 9.17) is 4.74 Å². The molecule has 2 N–H and O–H groups in total. The van der Waals surface area contributed by atoms with Crippen LogP contribution in [0.2, 0.25) is 0 Å². The summed E-state index contributed by atoms with van der Waals surface area (Å²) in [6.07, 6.45) is 3.46. The summed E-state index contributed by atoms with van der Waals surface area (Å²) >= 11 is 0. The van der Waals surface area contributed by atoms with Gasteiger partial charge < -0.3 is 20.1 Å². The molecular weight excluding hydrogens is 470 g/mol. The van der Waals surface area contributed by atoms with Gasteiger partial charge >= 0.3 is 5.97 Å². The molecule has 10 heteroatoms. The summed E-state index contributed by atoms with van der Waals surface area (Å²) in [4.78, 5) is 24.9. The van der Waals surface area contributed by atoms with Crippen molar-refractivity contribution in [2.24, 2.45) is 16.7 Å². The summed E-state index contributed by atoms with van der Waals surface area (Å²) in [5, 5.41) is 6.29. The van der Waals surface area contributed by atoms with E-state index in [0.717, 1.165) is 12.8 Å². The largest absolute Gasteiger partial charge is 0.469 e. The van der Waals surface area contributed by atoms with E-state index in [1.807, 2.05) is 0 Å².